The standard InChI is InChI=1S/C6H16NOP/c1-9(2,8)6-4-3-5-7/h3-7H2,1-2H3. The Hall–Kier alpha value is 0.190. The zero-order valence-corrected chi connectivity index (χ0v) is 7.16. The van der Waals surface area contributed by atoms with Gasteiger partial charge in [-0.15, -0.1) is 0 Å². The summed E-state index contributed by atoms with van der Waals surface area (Å²) >= 11 is 0. The van der Waals surface area contributed by atoms with Gasteiger partial charge >= 0.3 is 0 Å². The molecule has 0 aromatic heterocycles. The van der Waals surface area contributed by atoms with E-state index in [1.165, 1.54) is 0 Å². The maximum atomic E-state index is 11.0. The molecule has 0 unspecified atom stereocenters. The van der Waals surface area contributed by atoms with Crippen LogP contribution >= 0.6 is 7.14 Å². The van der Waals surface area contributed by atoms with Crippen LogP contribution in [0.1, 0.15) is 12.8 Å². The van der Waals surface area contributed by atoms with E-state index in [1.54, 1.807) is 0 Å². The lowest BCUT2D eigenvalue weighted by Crippen LogP contribution is -1.99. The lowest BCUT2D eigenvalue weighted by molar-refractivity contribution is 0.580. The molecule has 0 rings (SSSR count). The highest BCUT2D eigenvalue weighted by molar-refractivity contribution is 7.62. The van der Waals surface area contributed by atoms with Crippen LogP contribution in [0.5, 0.6) is 0 Å². The Bertz CT molecular complexity index is 108. The monoisotopic (exact) mass is 149 g/mol. The fraction of sp³-hybridized carbons (Fsp3) is 1.00. The first-order chi connectivity index (χ1) is 4.06. The zero-order chi connectivity index (χ0) is 7.33. The summed E-state index contributed by atoms with van der Waals surface area (Å²) in [6, 6.07) is 0. The zero-order valence-electron chi connectivity index (χ0n) is 6.26. The van der Waals surface area contributed by atoms with Crippen molar-refractivity contribution in [1.29, 1.82) is 0 Å². The van der Waals surface area contributed by atoms with E-state index in [4.69, 9.17) is 5.73 Å². The summed E-state index contributed by atoms with van der Waals surface area (Å²) in [5.41, 5.74) is 5.27. The third kappa shape index (κ3) is 8.19. The van der Waals surface area contributed by atoms with E-state index in [0.29, 0.717) is 0 Å². The van der Waals surface area contributed by atoms with Gasteiger partial charge in [-0.2, -0.15) is 0 Å². The third-order valence-electron chi connectivity index (χ3n) is 1.15. The lowest BCUT2D eigenvalue weighted by atomic mass is 10.3. The molecule has 0 aliphatic carbocycles. The smallest absolute Gasteiger partial charge is 0.0819 e. The van der Waals surface area contributed by atoms with Crippen LogP contribution in [0.25, 0.3) is 0 Å². The van der Waals surface area contributed by atoms with Gasteiger partial charge in [0.1, 0.15) is 0 Å². The van der Waals surface area contributed by atoms with Crippen LogP contribution in [0, 0.1) is 0 Å². The molecule has 0 aliphatic heterocycles. The summed E-state index contributed by atoms with van der Waals surface area (Å²) in [6.07, 6.45) is 2.87. The van der Waals surface area contributed by atoms with Gasteiger partial charge in [-0.3, -0.25) is 0 Å². The van der Waals surface area contributed by atoms with Crippen molar-refractivity contribution in [2.75, 3.05) is 26.0 Å². The largest absolute Gasteiger partial charge is 0.330 e. The van der Waals surface area contributed by atoms with E-state index in [9.17, 15) is 4.57 Å². The SMILES string of the molecule is CP(C)(=O)CCCCN. The molecule has 0 spiro atoms. The van der Waals surface area contributed by atoms with E-state index < -0.39 is 7.14 Å². The highest BCUT2D eigenvalue weighted by Crippen LogP contribution is 2.36. The molecule has 2 nitrogen and oxygen atoms in total. The summed E-state index contributed by atoms with van der Waals surface area (Å²) < 4.78 is 11.0. The molecule has 9 heavy (non-hydrogen) atoms. The molecule has 0 aromatic carbocycles. The number of nitrogens with two attached hydrogens (primary N) is 1. The van der Waals surface area contributed by atoms with E-state index in [0.717, 1.165) is 25.5 Å². The molecule has 0 saturated carbocycles. The Morgan fingerprint density at radius 3 is 2.22 bits per heavy atom. The van der Waals surface area contributed by atoms with E-state index >= 15 is 0 Å². The molecule has 0 atom stereocenters. The minimum absolute atomic E-state index is 0.722. The number of rotatable bonds is 4. The fourth-order valence-electron chi connectivity index (χ4n) is 0.637. The first kappa shape index (κ1) is 9.19. The van der Waals surface area contributed by atoms with Gasteiger partial charge in [-0.1, -0.05) is 0 Å². The third-order valence-corrected chi connectivity index (χ3v) is 2.54. The minimum atomic E-state index is -1.75. The molecule has 0 aliphatic rings. The second-order valence-electron chi connectivity index (χ2n) is 2.79. The average molecular weight is 149 g/mol. The second-order valence-corrected chi connectivity index (χ2v) is 6.39. The highest BCUT2D eigenvalue weighted by atomic mass is 31.2. The maximum absolute atomic E-state index is 11.0. The van der Waals surface area contributed by atoms with Crippen molar-refractivity contribution in [3.8, 4) is 0 Å². The molecular weight excluding hydrogens is 133 g/mol. The summed E-state index contributed by atoms with van der Waals surface area (Å²) in [7, 11) is -1.75. The fourth-order valence-corrected chi connectivity index (χ4v) is 1.62. The lowest BCUT2D eigenvalue weighted by Gasteiger charge is -2.03. The Morgan fingerprint density at radius 2 is 1.89 bits per heavy atom. The molecule has 0 heterocycles. The average Bonchev–Trinajstić information content (AvgIpc) is 1.63. The second kappa shape index (κ2) is 4.08. The van der Waals surface area contributed by atoms with Gasteiger partial charge in [0.2, 0.25) is 0 Å². The quantitative estimate of drug-likeness (QED) is 0.484. The summed E-state index contributed by atoms with van der Waals surface area (Å²) in [6.45, 7) is 4.37. The maximum Gasteiger partial charge on any atom is 0.0819 e. The highest BCUT2D eigenvalue weighted by Gasteiger charge is 2.04. The van der Waals surface area contributed by atoms with Gasteiger partial charge in [0.05, 0.1) is 7.14 Å². The Morgan fingerprint density at radius 1 is 1.33 bits per heavy atom. The van der Waals surface area contributed by atoms with Crippen molar-refractivity contribution in [1.82, 2.24) is 0 Å². The number of hydrogen-bond acceptors (Lipinski definition) is 2. The molecule has 3 heteroatoms. The topological polar surface area (TPSA) is 43.1 Å². The Kier molecular flexibility index (Phi) is 4.16. The van der Waals surface area contributed by atoms with Crippen LogP contribution in [-0.4, -0.2) is 26.0 Å². The number of hydrogen-bond donors (Lipinski definition) is 1. The molecule has 0 saturated heterocycles. The molecule has 0 amide bonds. The van der Waals surface area contributed by atoms with Crippen molar-refractivity contribution in [2.45, 2.75) is 12.8 Å². The first-order valence-corrected chi connectivity index (χ1v) is 6.09. The summed E-state index contributed by atoms with van der Waals surface area (Å²) in [4.78, 5) is 0. The summed E-state index contributed by atoms with van der Waals surface area (Å²) in [5, 5.41) is 0. The first-order valence-electron chi connectivity index (χ1n) is 3.30. The van der Waals surface area contributed by atoms with Crippen LogP contribution in [0.3, 0.4) is 0 Å². The van der Waals surface area contributed by atoms with Gasteiger partial charge in [0, 0.05) is 6.16 Å². The van der Waals surface area contributed by atoms with Gasteiger partial charge in [-0.25, -0.2) is 0 Å². The van der Waals surface area contributed by atoms with Crippen LogP contribution in [0.4, 0.5) is 0 Å². The summed E-state index contributed by atoms with van der Waals surface area (Å²) in [5.74, 6) is 0. The van der Waals surface area contributed by atoms with Crippen LogP contribution in [-0.2, 0) is 4.57 Å². The Balaban J connectivity index is 3.18. The van der Waals surface area contributed by atoms with Gasteiger partial charge in [0.15, 0.2) is 0 Å². The van der Waals surface area contributed by atoms with Crippen molar-refractivity contribution >= 4 is 7.14 Å². The predicted octanol–water partition coefficient (Wildman–Crippen LogP) is 1.35. The number of unbranched alkanes of at least 4 members (excludes halogenated alkanes) is 1. The van der Waals surface area contributed by atoms with E-state index in [-0.39, 0.29) is 0 Å². The van der Waals surface area contributed by atoms with Crippen molar-refractivity contribution in [3.05, 3.63) is 0 Å². The van der Waals surface area contributed by atoms with Gasteiger partial charge in [0.25, 0.3) is 0 Å². The predicted molar refractivity (Wildman–Crippen MR) is 42.6 cm³/mol. The van der Waals surface area contributed by atoms with E-state index in [1.807, 2.05) is 13.3 Å². The minimum Gasteiger partial charge on any atom is -0.330 e. The van der Waals surface area contributed by atoms with Crippen molar-refractivity contribution in [2.24, 2.45) is 5.73 Å². The van der Waals surface area contributed by atoms with Gasteiger partial charge < -0.3 is 10.3 Å². The molecule has 56 valence electrons. The van der Waals surface area contributed by atoms with Gasteiger partial charge in [-0.05, 0) is 32.7 Å². The molecule has 2 N–H and O–H groups in total. The van der Waals surface area contributed by atoms with Crippen molar-refractivity contribution < 1.29 is 4.57 Å². The molecular formula is C6H16NOP. The van der Waals surface area contributed by atoms with E-state index in [2.05, 4.69) is 0 Å². The molecule has 0 radical (unpaired) electrons. The Labute approximate surface area is 57.2 Å². The van der Waals surface area contributed by atoms with Crippen LogP contribution in [0.2, 0.25) is 0 Å². The van der Waals surface area contributed by atoms with Crippen LogP contribution in [0.15, 0.2) is 0 Å². The molecule has 0 fully saturated rings. The van der Waals surface area contributed by atoms with Crippen LogP contribution < -0.4 is 5.73 Å². The normalized spacial score (nSPS) is 11.9. The van der Waals surface area contributed by atoms with Crippen molar-refractivity contribution in [3.63, 3.8) is 0 Å². The molecule has 0 aromatic rings. The molecule has 0 bridgehead atoms.